The number of amides is 1. The second kappa shape index (κ2) is 9.39. The Morgan fingerprint density at radius 2 is 1.54 bits per heavy atom. The van der Waals surface area contributed by atoms with E-state index in [1.54, 1.807) is 7.11 Å². The summed E-state index contributed by atoms with van der Waals surface area (Å²) in [5, 5.41) is 2.80. The van der Waals surface area contributed by atoms with Crippen molar-refractivity contribution in [1.82, 2.24) is 5.32 Å². The molecule has 0 aliphatic heterocycles. The Morgan fingerprint density at radius 1 is 0.962 bits per heavy atom. The van der Waals surface area contributed by atoms with E-state index in [1.165, 1.54) is 11.1 Å². The van der Waals surface area contributed by atoms with Crippen molar-refractivity contribution in [3.05, 3.63) is 54.1 Å². The Balaban J connectivity index is 1.87. The number of ether oxygens (including phenoxy) is 2. The van der Waals surface area contributed by atoms with Gasteiger partial charge in [-0.3, -0.25) is 4.79 Å². The van der Waals surface area contributed by atoms with E-state index in [4.69, 9.17) is 9.47 Å². The lowest BCUT2D eigenvalue weighted by molar-refractivity contribution is -0.123. The lowest BCUT2D eigenvalue weighted by atomic mass is 9.86. The van der Waals surface area contributed by atoms with Crippen molar-refractivity contribution >= 4 is 5.91 Å². The minimum atomic E-state index is -0.122. The molecule has 0 aliphatic carbocycles. The van der Waals surface area contributed by atoms with Crippen LogP contribution in [0.1, 0.15) is 32.8 Å². The fourth-order valence-corrected chi connectivity index (χ4v) is 2.55. The molecular weight excluding hydrogens is 326 g/mol. The van der Waals surface area contributed by atoms with E-state index in [0.29, 0.717) is 18.9 Å². The van der Waals surface area contributed by atoms with Crippen LogP contribution in [0.25, 0.3) is 11.1 Å². The van der Waals surface area contributed by atoms with Gasteiger partial charge < -0.3 is 14.8 Å². The molecule has 4 nitrogen and oxygen atoms in total. The molecule has 0 aliphatic rings. The SMILES string of the molecule is COCCCNC(=O)COc1ccc(-c2ccc(C(C)(C)C)cc2)cc1. The molecule has 2 aromatic rings. The normalized spacial score (nSPS) is 11.2. The average Bonchev–Trinajstić information content (AvgIpc) is 2.63. The molecule has 0 aromatic heterocycles. The van der Waals surface area contributed by atoms with E-state index in [9.17, 15) is 4.79 Å². The van der Waals surface area contributed by atoms with Crippen LogP contribution in [0.3, 0.4) is 0 Å². The minimum Gasteiger partial charge on any atom is -0.484 e. The largest absolute Gasteiger partial charge is 0.484 e. The zero-order chi connectivity index (χ0) is 19.0. The van der Waals surface area contributed by atoms with Crippen LogP contribution >= 0.6 is 0 Å². The molecule has 0 bridgehead atoms. The van der Waals surface area contributed by atoms with Crippen molar-refractivity contribution in [1.29, 1.82) is 0 Å². The smallest absolute Gasteiger partial charge is 0.257 e. The van der Waals surface area contributed by atoms with Gasteiger partial charge in [0.2, 0.25) is 0 Å². The molecule has 2 rings (SSSR count). The molecule has 0 unspecified atom stereocenters. The zero-order valence-electron chi connectivity index (χ0n) is 16.2. The summed E-state index contributed by atoms with van der Waals surface area (Å²) >= 11 is 0. The first-order valence-electron chi connectivity index (χ1n) is 8.99. The van der Waals surface area contributed by atoms with Gasteiger partial charge in [0.1, 0.15) is 5.75 Å². The molecule has 0 heterocycles. The first-order chi connectivity index (χ1) is 12.4. The van der Waals surface area contributed by atoms with E-state index in [-0.39, 0.29) is 17.9 Å². The van der Waals surface area contributed by atoms with Crippen LogP contribution in [-0.2, 0) is 14.9 Å². The third-order valence-electron chi connectivity index (χ3n) is 4.16. The van der Waals surface area contributed by atoms with Crippen molar-refractivity contribution in [2.75, 3.05) is 26.9 Å². The molecule has 1 N–H and O–H groups in total. The Morgan fingerprint density at radius 3 is 2.08 bits per heavy atom. The number of benzene rings is 2. The number of hydrogen-bond acceptors (Lipinski definition) is 3. The quantitative estimate of drug-likeness (QED) is 0.723. The third kappa shape index (κ3) is 6.19. The van der Waals surface area contributed by atoms with Crippen molar-refractivity contribution in [2.24, 2.45) is 0 Å². The first kappa shape index (κ1) is 20.0. The Hall–Kier alpha value is -2.33. The predicted octanol–water partition coefficient (Wildman–Crippen LogP) is 4.18. The molecular formula is C22H29NO3. The second-order valence-electron chi connectivity index (χ2n) is 7.34. The number of nitrogens with one attached hydrogen (secondary N) is 1. The summed E-state index contributed by atoms with van der Waals surface area (Å²) in [4.78, 5) is 11.7. The summed E-state index contributed by atoms with van der Waals surface area (Å²) in [5.41, 5.74) is 3.76. The van der Waals surface area contributed by atoms with E-state index in [2.05, 4.69) is 50.4 Å². The molecule has 2 aromatic carbocycles. The van der Waals surface area contributed by atoms with Crippen molar-refractivity contribution in [2.45, 2.75) is 32.6 Å². The number of carbonyl (C=O) groups is 1. The van der Waals surface area contributed by atoms with Crippen LogP contribution in [0.2, 0.25) is 0 Å². The Bertz CT molecular complexity index is 685. The lowest BCUT2D eigenvalue weighted by Crippen LogP contribution is -2.30. The van der Waals surface area contributed by atoms with Crippen molar-refractivity contribution in [3.63, 3.8) is 0 Å². The van der Waals surface area contributed by atoms with Gasteiger partial charge in [-0.15, -0.1) is 0 Å². The molecule has 0 radical (unpaired) electrons. The van der Waals surface area contributed by atoms with E-state index >= 15 is 0 Å². The average molecular weight is 355 g/mol. The van der Waals surface area contributed by atoms with Crippen LogP contribution in [0.5, 0.6) is 5.75 Å². The summed E-state index contributed by atoms with van der Waals surface area (Å²) < 4.78 is 10.5. The number of rotatable bonds is 8. The highest BCUT2D eigenvalue weighted by atomic mass is 16.5. The van der Waals surface area contributed by atoms with Gasteiger partial charge in [0.25, 0.3) is 5.91 Å². The van der Waals surface area contributed by atoms with Crippen LogP contribution in [0.4, 0.5) is 0 Å². The second-order valence-corrected chi connectivity index (χ2v) is 7.34. The first-order valence-corrected chi connectivity index (χ1v) is 8.99. The summed E-state index contributed by atoms with van der Waals surface area (Å²) in [6.07, 6.45) is 0.797. The number of carbonyl (C=O) groups excluding carboxylic acids is 1. The maximum atomic E-state index is 11.7. The fraction of sp³-hybridized carbons (Fsp3) is 0.409. The maximum Gasteiger partial charge on any atom is 0.257 e. The van der Waals surface area contributed by atoms with Crippen LogP contribution in [0, 0.1) is 0 Å². The van der Waals surface area contributed by atoms with Gasteiger partial charge >= 0.3 is 0 Å². The molecule has 1 amide bonds. The predicted molar refractivity (Wildman–Crippen MR) is 106 cm³/mol. The summed E-state index contributed by atoms with van der Waals surface area (Å²) in [7, 11) is 1.65. The molecule has 0 saturated carbocycles. The molecule has 0 saturated heterocycles. The summed E-state index contributed by atoms with van der Waals surface area (Å²) in [6.45, 7) is 7.89. The lowest BCUT2D eigenvalue weighted by Gasteiger charge is -2.19. The summed E-state index contributed by atoms with van der Waals surface area (Å²) in [6, 6.07) is 16.4. The highest BCUT2D eigenvalue weighted by Crippen LogP contribution is 2.27. The van der Waals surface area contributed by atoms with E-state index in [0.717, 1.165) is 12.0 Å². The standard InChI is InChI=1S/C22H29NO3/c1-22(2,3)19-10-6-17(7-11-19)18-8-12-20(13-9-18)26-16-21(24)23-14-5-15-25-4/h6-13H,5,14-16H2,1-4H3,(H,23,24). The molecule has 0 fully saturated rings. The number of hydrogen-bond donors (Lipinski definition) is 1. The van der Waals surface area contributed by atoms with Gasteiger partial charge in [0.15, 0.2) is 6.61 Å². The van der Waals surface area contributed by atoms with E-state index < -0.39 is 0 Å². The van der Waals surface area contributed by atoms with E-state index in [1.807, 2.05) is 24.3 Å². The molecule has 26 heavy (non-hydrogen) atoms. The van der Waals surface area contributed by atoms with Crippen LogP contribution in [0.15, 0.2) is 48.5 Å². The molecule has 4 heteroatoms. The van der Waals surface area contributed by atoms with Crippen molar-refractivity contribution < 1.29 is 14.3 Å². The Labute approximate surface area is 156 Å². The number of methoxy groups -OCH3 is 1. The third-order valence-corrected chi connectivity index (χ3v) is 4.16. The molecule has 140 valence electrons. The Kier molecular flexibility index (Phi) is 7.22. The minimum absolute atomic E-state index is 0.0204. The maximum absolute atomic E-state index is 11.7. The van der Waals surface area contributed by atoms with Gasteiger partial charge in [-0.2, -0.15) is 0 Å². The van der Waals surface area contributed by atoms with Gasteiger partial charge in [0, 0.05) is 20.3 Å². The topological polar surface area (TPSA) is 47.6 Å². The van der Waals surface area contributed by atoms with Crippen LogP contribution in [-0.4, -0.2) is 32.8 Å². The fourth-order valence-electron chi connectivity index (χ4n) is 2.55. The molecule has 0 atom stereocenters. The monoisotopic (exact) mass is 355 g/mol. The summed E-state index contributed by atoms with van der Waals surface area (Å²) in [5.74, 6) is 0.565. The van der Waals surface area contributed by atoms with Gasteiger partial charge in [-0.25, -0.2) is 0 Å². The van der Waals surface area contributed by atoms with Gasteiger partial charge in [0.05, 0.1) is 0 Å². The van der Waals surface area contributed by atoms with Crippen molar-refractivity contribution in [3.8, 4) is 16.9 Å². The highest BCUT2D eigenvalue weighted by Gasteiger charge is 2.13. The van der Waals surface area contributed by atoms with Crippen LogP contribution < -0.4 is 10.1 Å². The highest BCUT2D eigenvalue weighted by molar-refractivity contribution is 5.77. The molecule has 0 spiro atoms. The van der Waals surface area contributed by atoms with Gasteiger partial charge in [-0.05, 0) is 40.7 Å². The van der Waals surface area contributed by atoms with Gasteiger partial charge in [-0.1, -0.05) is 57.2 Å². The zero-order valence-corrected chi connectivity index (χ0v) is 16.2.